The van der Waals surface area contributed by atoms with Crippen molar-refractivity contribution in [2.45, 2.75) is 19.7 Å². The average Bonchev–Trinajstić information content (AvgIpc) is 2.37. The third kappa shape index (κ3) is 1.62. The number of hydrogen-bond donors (Lipinski definition) is 0. The Morgan fingerprint density at radius 3 is 2.92 bits per heavy atom. The summed E-state index contributed by atoms with van der Waals surface area (Å²) >= 11 is 0. The highest BCUT2D eigenvalue weighted by atomic mass is 16.5. The summed E-state index contributed by atoms with van der Waals surface area (Å²) in [5.41, 5.74) is 0. The minimum absolute atomic E-state index is 0.241. The van der Waals surface area contributed by atoms with Crippen LogP contribution in [0.15, 0.2) is 12.4 Å². The molecule has 1 atom stereocenters. The Bertz CT molecular complexity index is 209. The molecule has 0 radical (unpaired) electrons. The summed E-state index contributed by atoms with van der Waals surface area (Å²) in [6, 6.07) is 0. The highest BCUT2D eigenvalue weighted by Crippen LogP contribution is 2.14. The molecule has 1 rings (SSSR count). The third-order valence-electron chi connectivity index (χ3n) is 1.77. The fraction of sp³-hybridized carbons (Fsp3) is 0.625. The molecule has 0 bridgehead atoms. The van der Waals surface area contributed by atoms with Crippen LogP contribution in [0.25, 0.3) is 0 Å². The van der Waals surface area contributed by atoms with Gasteiger partial charge in [0.05, 0.1) is 0 Å². The fourth-order valence-corrected chi connectivity index (χ4v) is 1.21. The SMILES string of the molecule is CCCN1C=CN(C)C1OC#N. The summed E-state index contributed by atoms with van der Waals surface area (Å²) in [5.74, 6) is 0. The Kier molecular flexibility index (Phi) is 2.81. The molecule has 0 aromatic heterocycles. The summed E-state index contributed by atoms with van der Waals surface area (Å²) in [6.45, 7) is 3.00. The molecule has 0 fully saturated rings. The molecule has 1 aliphatic heterocycles. The van der Waals surface area contributed by atoms with Crippen LogP contribution in [-0.2, 0) is 4.74 Å². The Morgan fingerprint density at radius 2 is 2.33 bits per heavy atom. The van der Waals surface area contributed by atoms with Gasteiger partial charge >= 0.3 is 0 Å². The first-order valence-electron chi connectivity index (χ1n) is 4.00. The van der Waals surface area contributed by atoms with E-state index in [0.29, 0.717) is 0 Å². The predicted octanol–water partition coefficient (Wildman–Crippen LogP) is 0.896. The second-order valence-corrected chi connectivity index (χ2v) is 2.74. The van der Waals surface area contributed by atoms with Gasteiger partial charge in [-0.2, -0.15) is 5.26 Å². The Labute approximate surface area is 72.6 Å². The summed E-state index contributed by atoms with van der Waals surface area (Å²) in [5, 5.41) is 8.38. The van der Waals surface area contributed by atoms with Crippen LogP contribution in [-0.4, -0.2) is 29.7 Å². The van der Waals surface area contributed by atoms with Gasteiger partial charge in [-0.15, -0.1) is 0 Å². The zero-order chi connectivity index (χ0) is 8.97. The van der Waals surface area contributed by atoms with Crippen molar-refractivity contribution in [1.29, 1.82) is 5.26 Å². The maximum Gasteiger partial charge on any atom is 0.290 e. The topological polar surface area (TPSA) is 39.5 Å². The second kappa shape index (κ2) is 3.86. The molecule has 0 amide bonds. The number of nitrogens with zero attached hydrogens (tertiary/aromatic N) is 3. The minimum Gasteiger partial charge on any atom is -0.382 e. The summed E-state index contributed by atoms with van der Waals surface area (Å²) in [7, 11) is 1.88. The molecule has 0 spiro atoms. The van der Waals surface area contributed by atoms with Crippen LogP contribution in [0.3, 0.4) is 0 Å². The Morgan fingerprint density at radius 1 is 1.58 bits per heavy atom. The van der Waals surface area contributed by atoms with Crippen LogP contribution in [0.4, 0.5) is 0 Å². The zero-order valence-electron chi connectivity index (χ0n) is 7.40. The highest BCUT2D eigenvalue weighted by molar-refractivity contribution is 4.92. The van der Waals surface area contributed by atoms with Gasteiger partial charge in [-0.25, -0.2) is 0 Å². The van der Waals surface area contributed by atoms with Crippen LogP contribution in [0, 0.1) is 11.5 Å². The molecule has 4 nitrogen and oxygen atoms in total. The van der Waals surface area contributed by atoms with Crippen LogP contribution >= 0.6 is 0 Å². The zero-order valence-corrected chi connectivity index (χ0v) is 7.40. The molecule has 0 saturated heterocycles. The Hall–Kier alpha value is -1.37. The lowest BCUT2D eigenvalue weighted by Gasteiger charge is -2.26. The summed E-state index contributed by atoms with van der Waals surface area (Å²) < 4.78 is 4.88. The minimum atomic E-state index is -0.241. The van der Waals surface area contributed by atoms with Crippen molar-refractivity contribution in [3.63, 3.8) is 0 Å². The van der Waals surface area contributed by atoms with Crippen molar-refractivity contribution >= 4 is 0 Å². The van der Waals surface area contributed by atoms with Gasteiger partial charge in [0.2, 0.25) is 0 Å². The molecule has 66 valence electrons. The van der Waals surface area contributed by atoms with E-state index in [4.69, 9.17) is 10.00 Å². The van der Waals surface area contributed by atoms with Crippen molar-refractivity contribution in [3.05, 3.63) is 12.4 Å². The van der Waals surface area contributed by atoms with Crippen molar-refractivity contribution in [3.8, 4) is 6.26 Å². The first-order chi connectivity index (χ1) is 5.79. The molecule has 1 unspecified atom stereocenters. The van der Waals surface area contributed by atoms with E-state index in [-0.39, 0.29) is 6.35 Å². The largest absolute Gasteiger partial charge is 0.382 e. The van der Waals surface area contributed by atoms with E-state index in [1.54, 1.807) is 6.26 Å². The fourth-order valence-electron chi connectivity index (χ4n) is 1.21. The highest BCUT2D eigenvalue weighted by Gasteiger charge is 2.23. The number of nitriles is 1. The van der Waals surface area contributed by atoms with Crippen molar-refractivity contribution in [2.24, 2.45) is 0 Å². The standard InChI is InChI=1S/C8H13N3O/c1-3-4-11-6-5-10(2)8(11)12-7-9/h5-6,8H,3-4H2,1-2H3. The molecule has 4 heteroatoms. The molecule has 12 heavy (non-hydrogen) atoms. The van der Waals surface area contributed by atoms with Crippen molar-refractivity contribution in [2.75, 3.05) is 13.6 Å². The molecule has 0 saturated carbocycles. The van der Waals surface area contributed by atoms with Gasteiger partial charge in [0.25, 0.3) is 12.6 Å². The van der Waals surface area contributed by atoms with Crippen LogP contribution in [0.1, 0.15) is 13.3 Å². The summed E-state index contributed by atoms with van der Waals surface area (Å²) in [6.07, 6.45) is 6.35. The molecule has 0 aromatic carbocycles. The van der Waals surface area contributed by atoms with E-state index >= 15 is 0 Å². The molecular weight excluding hydrogens is 154 g/mol. The van der Waals surface area contributed by atoms with E-state index in [0.717, 1.165) is 13.0 Å². The van der Waals surface area contributed by atoms with Gasteiger partial charge in [-0.05, 0) is 6.42 Å². The van der Waals surface area contributed by atoms with Gasteiger partial charge in [0.1, 0.15) is 0 Å². The smallest absolute Gasteiger partial charge is 0.290 e. The molecule has 1 aliphatic rings. The average molecular weight is 167 g/mol. The molecule has 0 aromatic rings. The summed E-state index contributed by atoms with van der Waals surface area (Å²) in [4.78, 5) is 3.85. The third-order valence-corrected chi connectivity index (χ3v) is 1.77. The van der Waals surface area contributed by atoms with Crippen LogP contribution in [0.2, 0.25) is 0 Å². The monoisotopic (exact) mass is 167 g/mol. The van der Waals surface area contributed by atoms with Gasteiger partial charge in [-0.1, -0.05) is 6.92 Å². The van der Waals surface area contributed by atoms with Gasteiger partial charge < -0.3 is 14.5 Å². The van der Waals surface area contributed by atoms with Crippen LogP contribution < -0.4 is 0 Å². The Balaban J connectivity index is 2.51. The van der Waals surface area contributed by atoms with E-state index in [2.05, 4.69) is 6.92 Å². The second-order valence-electron chi connectivity index (χ2n) is 2.74. The molecule has 0 N–H and O–H groups in total. The maximum absolute atomic E-state index is 8.38. The van der Waals surface area contributed by atoms with Crippen molar-refractivity contribution in [1.82, 2.24) is 9.80 Å². The molecule has 1 heterocycles. The lowest BCUT2D eigenvalue weighted by atomic mass is 10.4. The van der Waals surface area contributed by atoms with Crippen LogP contribution in [0.5, 0.6) is 0 Å². The quantitative estimate of drug-likeness (QED) is 0.585. The van der Waals surface area contributed by atoms with Gasteiger partial charge in [0.15, 0.2) is 0 Å². The number of ether oxygens (including phenoxy) is 1. The van der Waals surface area contributed by atoms with E-state index in [1.807, 2.05) is 29.2 Å². The van der Waals surface area contributed by atoms with E-state index in [1.165, 1.54) is 0 Å². The number of hydrogen-bond acceptors (Lipinski definition) is 4. The van der Waals surface area contributed by atoms with Gasteiger partial charge in [0, 0.05) is 26.0 Å². The van der Waals surface area contributed by atoms with E-state index in [9.17, 15) is 0 Å². The van der Waals surface area contributed by atoms with Gasteiger partial charge in [-0.3, -0.25) is 0 Å². The predicted molar refractivity (Wildman–Crippen MR) is 44.4 cm³/mol. The lowest BCUT2D eigenvalue weighted by molar-refractivity contribution is -0.0379. The lowest BCUT2D eigenvalue weighted by Crippen LogP contribution is -2.38. The normalized spacial score (nSPS) is 21.2. The van der Waals surface area contributed by atoms with Crippen molar-refractivity contribution < 1.29 is 4.74 Å². The molecule has 0 aliphatic carbocycles. The number of rotatable bonds is 3. The molecular formula is C8H13N3O. The van der Waals surface area contributed by atoms with E-state index < -0.39 is 0 Å². The first-order valence-corrected chi connectivity index (χ1v) is 4.00. The first kappa shape index (κ1) is 8.72. The maximum atomic E-state index is 8.38.